The zero-order chi connectivity index (χ0) is 99.6. The lowest BCUT2D eigenvalue weighted by Crippen LogP contribution is -2.03. The van der Waals surface area contributed by atoms with Crippen molar-refractivity contribution in [1.82, 2.24) is 43.6 Å². The van der Waals surface area contributed by atoms with Crippen LogP contribution in [-0.2, 0) is 0 Å². The van der Waals surface area contributed by atoms with Crippen LogP contribution in [0.25, 0.3) is 291 Å². The molecule has 0 amide bonds. The van der Waals surface area contributed by atoms with E-state index >= 15 is 0 Å². The van der Waals surface area contributed by atoms with E-state index in [1.165, 1.54) is 103 Å². The van der Waals surface area contributed by atoms with Gasteiger partial charge in [0.2, 0.25) is 17.8 Å². The molecule has 145 heavy (non-hydrogen) atoms. The number of fused-ring (bicyclic) bond motifs is 25. The van der Waals surface area contributed by atoms with Crippen molar-refractivity contribution in [2.75, 3.05) is 0 Å². The van der Waals surface area contributed by atoms with Crippen LogP contribution in [0.1, 0.15) is 6.85 Å². The molecule has 0 radical (unpaired) electrons. The highest BCUT2D eigenvalue weighted by molar-refractivity contribution is 6.27. The van der Waals surface area contributed by atoms with Crippen molar-refractivity contribution in [1.29, 1.82) is 0 Å². The Labute approximate surface area is 839 Å². The van der Waals surface area contributed by atoms with Crippen molar-refractivity contribution in [3.05, 3.63) is 503 Å². The van der Waals surface area contributed by atoms with Crippen molar-refractivity contribution in [3.8, 4) is 85.0 Å². The molecule has 0 fully saturated rings. The molecule has 0 atom stereocenters. The fraction of sp³-hybridized carbons (Fsp3) is 0. The van der Waals surface area contributed by atoms with Crippen molar-refractivity contribution < 1.29 is 6.85 Å². The number of rotatable bonds is 9. The quantitative estimate of drug-likeness (QED) is 0.143. The van der Waals surface area contributed by atoms with Gasteiger partial charge >= 0.3 is 0 Å². The van der Waals surface area contributed by atoms with E-state index in [-0.39, 0.29) is 23.3 Å². The smallest absolute Gasteiger partial charge is 0.235 e. The van der Waals surface area contributed by atoms with Gasteiger partial charge < -0.3 is 0 Å². The van der Waals surface area contributed by atoms with Crippen LogP contribution in [0.4, 0.5) is 0 Å². The minimum Gasteiger partial charge on any atom is -0.278 e. The zero-order valence-electron chi connectivity index (χ0n) is 83.1. The molecule has 6 heterocycles. The van der Waals surface area contributed by atoms with Crippen LogP contribution < -0.4 is 0 Å². The largest absolute Gasteiger partial charge is 0.278 e. The summed E-state index contributed by atoms with van der Waals surface area (Å²) in [5.41, 5.74) is 19.4. The van der Waals surface area contributed by atoms with Gasteiger partial charge in [-0.1, -0.05) is 388 Å². The molecule has 0 aliphatic carbocycles. The Balaban J connectivity index is 0.000000106. The van der Waals surface area contributed by atoms with Gasteiger partial charge in [-0.05, 0) is 256 Å². The predicted molar refractivity (Wildman–Crippen MR) is 609 cm³/mol. The summed E-state index contributed by atoms with van der Waals surface area (Å²) in [6.45, 7) is 0. The van der Waals surface area contributed by atoms with Crippen molar-refractivity contribution in [3.63, 3.8) is 0 Å². The molecule has 0 saturated heterocycles. The average Bonchev–Trinajstić information content (AvgIpc) is 1.55. The molecule has 672 valence electrons. The molecular formula is C136H83N9. The van der Waals surface area contributed by atoms with E-state index in [1.807, 2.05) is 59.2 Å². The molecule has 31 aromatic rings. The molecule has 0 spiro atoms. The average molecular weight is 1850 g/mol. The first-order chi connectivity index (χ1) is 73.9. The number of hydrogen-bond donors (Lipinski definition) is 0. The summed E-state index contributed by atoms with van der Waals surface area (Å²) in [7, 11) is 0. The highest BCUT2D eigenvalue weighted by atomic mass is 15.2. The molecule has 25 aromatic carbocycles. The van der Waals surface area contributed by atoms with Crippen LogP contribution >= 0.6 is 0 Å². The van der Waals surface area contributed by atoms with Crippen LogP contribution in [0, 0.1) is 0 Å². The Bertz CT molecular complexity index is 11200. The molecule has 0 unspecified atom stereocenters. The maximum Gasteiger partial charge on any atom is 0.235 e. The van der Waals surface area contributed by atoms with Crippen LogP contribution in [0.2, 0.25) is 0 Å². The minimum absolute atomic E-state index is 0.0368. The third kappa shape index (κ3) is 14.1. The Morgan fingerprint density at radius 1 is 0.145 bits per heavy atom. The normalized spacial score (nSPS) is 12.3. The Hall–Kier alpha value is -19.5. The fourth-order valence-corrected chi connectivity index (χ4v) is 22.3. The SMILES string of the molecule is [2H]c1c([2H])c([2H])c(-c2nc(-n3c4cc5ccccc5cc4c4c5ccccc5ccc43)nc3cc(-c4ccc5ccccc5c4)ccc23)c([2H])c1[2H].c1ccc(-c2nc(-n3c4cc5ccccc5cc4c4c5ccccc5ccc43)nc3ccc(-c4ccc5ccccc5c4)cc23)cc1.c1ccc2cc(-c3ccc4c(-c5ccc6ccccc6c5)nc(-n5c6cc7ccccc7cc6c6c7ccccc7ccc65)nc4c3)ccc2c1. The van der Waals surface area contributed by atoms with Gasteiger partial charge in [-0.3, -0.25) is 13.7 Å². The van der Waals surface area contributed by atoms with E-state index in [2.05, 4.69) is 428 Å². The maximum absolute atomic E-state index is 8.95. The van der Waals surface area contributed by atoms with Crippen LogP contribution in [0.3, 0.4) is 0 Å². The lowest BCUT2D eigenvalue weighted by Gasteiger charge is -2.14. The third-order valence-electron chi connectivity index (χ3n) is 29.3. The summed E-state index contributed by atoms with van der Waals surface area (Å²) in [6.07, 6.45) is 0. The molecule has 0 N–H and O–H groups in total. The van der Waals surface area contributed by atoms with E-state index in [0.29, 0.717) is 28.7 Å². The van der Waals surface area contributed by atoms with Gasteiger partial charge in [0.05, 0.1) is 73.6 Å². The highest BCUT2D eigenvalue weighted by Crippen LogP contribution is 2.47. The molecule has 0 aliphatic heterocycles. The summed E-state index contributed by atoms with van der Waals surface area (Å²) in [5, 5.41) is 33.3. The molecule has 0 bridgehead atoms. The fourth-order valence-electron chi connectivity index (χ4n) is 22.3. The van der Waals surface area contributed by atoms with Gasteiger partial charge in [0.15, 0.2) is 0 Å². The van der Waals surface area contributed by atoms with E-state index < -0.39 is 18.1 Å². The van der Waals surface area contributed by atoms with Crippen LogP contribution in [0.15, 0.2) is 503 Å². The zero-order valence-corrected chi connectivity index (χ0v) is 78.1. The van der Waals surface area contributed by atoms with E-state index in [9.17, 15) is 0 Å². The second-order valence-corrected chi connectivity index (χ2v) is 37.6. The molecule has 31 rings (SSSR count). The molecule has 0 saturated carbocycles. The topological polar surface area (TPSA) is 92.1 Å². The lowest BCUT2D eigenvalue weighted by atomic mass is 9.98. The first-order valence-electron chi connectivity index (χ1n) is 51.5. The van der Waals surface area contributed by atoms with E-state index in [4.69, 9.17) is 36.8 Å². The Morgan fingerprint density at radius 2 is 0.414 bits per heavy atom. The molecule has 9 heteroatoms. The summed E-state index contributed by atoms with van der Waals surface area (Å²) in [4.78, 5) is 32.0. The molecular weight excluding hydrogens is 1760 g/mol. The summed E-state index contributed by atoms with van der Waals surface area (Å²) >= 11 is 0. The maximum atomic E-state index is 8.95. The van der Waals surface area contributed by atoms with Gasteiger partial charge in [0.25, 0.3) is 0 Å². The Kier molecular flexibility index (Phi) is 18.0. The number of aromatic nitrogens is 9. The lowest BCUT2D eigenvalue weighted by molar-refractivity contribution is 1.01. The molecule has 9 nitrogen and oxygen atoms in total. The third-order valence-corrected chi connectivity index (χ3v) is 29.3. The highest BCUT2D eigenvalue weighted by Gasteiger charge is 2.27. The van der Waals surface area contributed by atoms with Gasteiger partial charge in [-0.2, -0.15) is 0 Å². The second kappa shape index (κ2) is 33.7. The molecule has 6 aromatic heterocycles. The number of benzene rings is 25. The second-order valence-electron chi connectivity index (χ2n) is 37.6. The van der Waals surface area contributed by atoms with Gasteiger partial charge in [0, 0.05) is 65.2 Å². The monoisotopic (exact) mass is 1850 g/mol. The summed E-state index contributed by atoms with van der Waals surface area (Å²) in [6, 6.07) is 166. The predicted octanol–water partition coefficient (Wildman–Crippen LogP) is 35.7. The standard InChI is InChI=1S/C48H29N3.2C44H27N3/c1-3-12-33-25-37(19-17-30(33)9-1)38-21-23-41-43(28-38)49-48(50-47(41)39-20-18-31-10-2-4-13-34(31)26-39)51-44-24-22-32-11-7-8-16-40(32)46(44)42-27-35-14-5-6-15-36(35)29-45(42)51;1-2-12-30(13-3-1)43-37-25-35(34-19-18-28-10-4-5-14-31(28)24-34)20-22-39(37)45-44(46-43)47-40-23-21-29-11-8-9-17-36(29)42(40)38-26-32-15-6-7-16-33(32)27-41(38)47;1-2-12-30(13-3-1)43-37-22-20-35(34-19-18-28-10-4-5-14-31(28)24-34)26-39(37)45-44(46-43)47-40-23-21-29-11-8-9-17-36(29)42(40)38-25-32-15-6-7-16-33(32)27-41(38)47/h1-29H;2*1-27H/i;;1D,2D,3D,12D,13D. The van der Waals surface area contributed by atoms with Gasteiger partial charge in [-0.15, -0.1) is 0 Å². The van der Waals surface area contributed by atoms with Crippen molar-refractivity contribution in [2.45, 2.75) is 0 Å². The van der Waals surface area contributed by atoms with Crippen LogP contribution in [0.5, 0.6) is 0 Å². The number of nitrogens with zero attached hydrogens (tertiary/aromatic N) is 9. The van der Waals surface area contributed by atoms with E-state index in [0.717, 1.165) is 148 Å². The van der Waals surface area contributed by atoms with E-state index in [1.54, 1.807) is 0 Å². The first-order valence-corrected chi connectivity index (χ1v) is 49.0. The summed E-state index contributed by atoms with van der Waals surface area (Å²) < 4.78 is 49.8. The van der Waals surface area contributed by atoms with Crippen LogP contribution in [-0.4, -0.2) is 43.6 Å². The first kappa shape index (κ1) is 77.5. The van der Waals surface area contributed by atoms with Gasteiger partial charge in [-0.25, -0.2) is 29.9 Å². The summed E-state index contributed by atoms with van der Waals surface area (Å²) in [5.74, 6) is 1.67. The minimum atomic E-state index is -0.447. The van der Waals surface area contributed by atoms with Gasteiger partial charge in [0.1, 0.15) is 0 Å². The Morgan fingerprint density at radius 3 is 0.793 bits per heavy atom. The van der Waals surface area contributed by atoms with Crippen molar-refractivity contribution >= 4 is 206 Å². The molecule has 0 aliphatic rings. The van der Waals surface area contributed by atoms with Crippen molar-refractivity contribution in [2.24, 2.45) is 0 Å². The number of hydrogen-bond acceptors (Lipinski definition) is 6.